The summed E-state index contributed by atoms with van der Waals surface area (Å²) in [5.74, 6) is -0.133. The summed E-state index contributed by atoms with van der Waals surface area (Å²) in [4.78, 5) is 33.6. The van der Waals surface area contributed by atoms with Crippen LogP contribution in [0, 0.1) is 0 Å². The van der Waals surface area contributed by atoms with Crippen molar-refractivity contribution in [2.75, 3.05) is 13.1 Å². The molecule has 1 aliphatic heterocycles. The highest BCUT2D eigenvalue weighted by Gasteiger charge is 2.22. The first kappa shape index (κ1) is 43.3. The molecule has 0 spiro atoms. The fourth-order valence-corrected chi connectivity index (χ4v) is 6.15. The maximum Gasteiger partial charge on any atom is 0.410 e. The standard InChI is InChI=1S/C17H16BrNO2.C17H17BrO2.C8H10BrN.CH2O/c18-16-7-6-14-8-9-19(11-15(14)10-16)17(20)21-12-13-4-2-1-3-5-13;18-16-11-9-14(10-12-16)7-4-8-17(19)20-13-15-5-2-1-3-6-15;9-8-3-1-7(2-4-8)5-6-10;1-2/h1-7,10H,8-9,11-12H2;1-3,5-6,9-12H,4,7-8,13H2;1-4H,5-6,10H2;1H2. The van der Waals surface area contributed by atoms with E-state index in [1.807, 2.05) is 97.8 Å². The predicted octanol–water partition coefficient (Wildman–Crippen LogP) is 10.4. The Kier molecular flexibility index (Phi) is 20.5. The molecule has 0 saturated carbocycles. The van der Waals surface area contributed by atoms with Crippen LogP contribution < -0.4 is 5.73 Å². The molecule has 278 valence electrons. The third-order valence-electron chi connectivity index (χ3n) is 7.99. The Bertz CT molecular complexity index is 1790. The summed E-state index contributed by atoms with van der Waals surface area (Å²) in [5, 5.41) is 0. The van der Waals surface area contributed by atoms with Crippen molar-refractivity contribution in [3.05, 3.63) is 174 Å². The maximum absolute atomic E-state index is 12.2. The van der Waals surface area contributed by atoms with Crippen LogP contribution in [-0.4, -0.2) is 36.8 Å². The summed E-state index contributed by atoms with van der Waals surface area (Å²) >= 11 is 10.2. The lowest BCUT2D eigenvalue weighted by Crippen LogP contribution is -2.36. The second kappa shape index (κ2) is 25.0. The average Bonchev–Trinajstić information content (AvgIpc) is 3.19. The number of benzene rings is 5. The van der Waals surface area contributed by atoms with Gasteiger partial charge in [0.25, 0.3) is 0 Å². The van der Waals surface area contributed by atoms with Crippen LogP contribution in [0.15, 0.2) is 141 Å². The van der Waals surface area contributed by atoms with E-state index < -0.39 is 0 Å². The Morgan fingerprint density at radius 2 is 1.13 bits per heavy atom. The molecule has 0 saturated heterocycles. The summed E-state index contributed by atoms with van der Waals surface area (Å²) in [5.41, 5.74) is 12.4. The van der Waals surface area contributed by atoms with Gasteiger partial charge in [-0.15, -0.1) is 0 Å². The second-order valence-electron chi connectivity index (χ2n) is 11.9. The van der Waals surface area contributed by atoms with Crippen LogP contribution in [0.3, 0.4) is 0 Å². The number of ether oxygens (including phenoxy) is 2. The molecule has 0 unspecified atom stereocenters. The monoisotopic (exact) mass is 906 g/mol. The number of aryl methyl sites for hydroxylation is 1. The minimum Gasteiger partial charge on any atom is -0.461 e. The molecule has 0 aliphatic carbocycles. The van der Waals surface area contributed by atoms with Gasteiger partial charge >= 0.3 is 12.1 Å². The van der Waals surface area contributed by atoms with Crippen molar-refractivity contribution in [3.63, 3.8) is 0 Å². The highest BCUT2D eigenvalue weighted by Crippen LogP contribution is 2.23. The average molecular weight is 910 g/mol. The van der Waals surface area contributed by atoms with Gasteiger partial charge in [-0.2, -0.15) is 0 Å². The zero-order valence-corrected chi connectivity index (χ0v) is 34.4. The van der Waals surface area contributed by atoms with Gasteiger partial charge in [0.15, 0.2) is 0 Å². The van der Waals surface area contributed by atoms with Crippen LogP contribution in [0.1, 0.15) is 46.2 Å². The van der Waals surface area contributed by atoms with E-state index in [1.165, 1.54) is 22.3 Å². The summed E-state index contributed by atoms with van der Waals surface area (Å²) in [6, 6.07) is 42.1. The molecule has 0 atom stereocenters. The van der Waals surface area contributed by atoms with E-state index in [2.05, 4.69) is 84.2 Å². The molecule has 1 aliphatic rings. The lowest BCUT2D eigenvalue weighted by molar-refractivity contribution is -0.145. The van der Waals surface area contributed by atoms with Gasteiger partial charge in [-0.25, -0.2) is 4.79 Å². The summed E-state index contributed by atoms with van der Waals surface area (Å²) in [7, 11) is 0. The van der Waals surface area contributed by atoms with Crippen LogP contribution in [0.4, 0.5) is 4.79 Å². The van der Waals surface area contributed by atoms with Gasteiger partial charge in [0, 0.05) is 32.9 Å². The van der Waals surface area contributed by atoms with E-state index in [0.717, 1.165) is 56.8 Å². The number of fused-ring (bicyclic) bond motifs is 1. The first-order chi connectivity index (χ1) is 25.8. The van der Waals surface area contributed by atoms with Crippen LogP contribution in [0.5, 0.6) is 0 Å². The molecule has 0 bridgehead atoms. The summed E-state index contributed by atoms with van der Waals surface area (Å²) in [6.07, 6.45) is 3.77. The molecular formula is C43H45Br3N2O5. The Labute approximate surface area is 338 Å². The van der Waals surface area contributed by atoms with E-state index in [9.17, 15) is 9.59 Å². The van der Waals surface area contributed by atoms with E-state index >= 15 is 0 Å². The zero-order chi connectivity index (χ0) is 38.3. The number of hydrogen-bond acceptors (Lipinski definition) is 6. The zero-order valence-electron chi connectivity index (χ0n) is 29.6. The third-order valence-corrected chi connectivity index (χ3v) is 9.54. The van der Waals surface area contributed by atoms with Crippen molar-refractivity contribution < 1.29 is 23.9 Å². The van der Waals surface area contributed by atoms with Gasteiger partial charge in [0.05, 0.1) is 0 Å². The fraction of sp³-hybridized carbons (Fsp3) is 0.233. The van der Waals surface area contributed by atoms with Crippen LogP contribution in [0.25, 0.3) is 0 Å². The Balaban J connectivity index is 0.000000221. The van der Waals surface area contributed by atoms with E-state index in [4.69, 9.17) is 20.0 Å². The lowest BCUT2D eigenvalue weighted by atomic mass is 10.0. The molecule has 1 heterocycles. The predicted molar refractivity (Wildman–Crippen MR) is 222 cm³/mol. The number of hydrogen-bond donors (Lipinski definition) is 1. The second-order valence-corrected chi connectivity index (χ2v) is 14.7. The van der Waals surface area contributed by atoms with Crippen LogP contribution in [-0.2, 0) is 58.1 Å². The van der Waals surface area contributed by atoms with E-state index in [0.29, 0.717) is 32.7 Å². The molecule has 0 fully saturated rings. The summed E-state index contributed by atoms with van der Waals surface area (Å²) < 4.78 is 13.9. The molecule has 10 heteroatoms. The van der Waals surface area contributed by atoms with Gasteiger partial charge in [-0.1, -0.05) is 139 Å². The third kappa shape index (κ3) is 17.1. The quantitative estimate of drug-likeness (QED) is 0.140. The molecule has 0 radical (unpaired) electrons. The normalized spacial score (nSPS) is 11.2. The lowest BCUT2D eigenvalue weighted by Gasteiger charge is -2.28. The number of nitrogens with zero attached hydrogens (tertiary/aromatic N) is 1. The van der Waals surface area contributed by atoms with Gasteiger partial charge in [0.2, 0.25) is 0 Å². The molecule has 5 aromatic rings. The van der Waals surface area contributed by atoms with Crippen molar-refractivity contribution in [1.29, 1.82) is 0 Å². The molecule has 0 aromatic heterocycles. The highest BCUT2D eigenvalue weighted by molar-refractivity contribution is 9.11. The number of esters is 1. The smallest absolute Gasteiger partial charge is 0.410 e. The van der Waals surface area contributed by atoms with Gasteiger partial charge < -0.3 is 24.9 Å². The van der Waals surface area contributed by atoms with Crippen molar-refractivity contribution >= 4 is 66.6 Å². The molecule has 1 amide bonds. The molecule has 53 heavy (non-hydrogen) atoms. The summed E-state index contributed by atoms with van der Waals surface area (Å²) in [6.45, 7) is 4.73. The van der Waals surface area contributed by atoms with Crippen LogP contribution in [0.2, 0.25) is 0 Å². The van der Waals surface area contributed by atoms with Crippen molar-refractivity contribution in [3.8, 4) is 0 Å². The molecule has 2 N–H and O–H groups in total. The van der Waals surface area contributed by atoms with Crippen molar-refractivity contribution in [1.82, 2.24) is 4.90 Å². The Morgan fingerprint density at radius 3 is 1.68 bits per heavy atom. The number of rotatable bonds is 10. The largest absolute Gasteiger partial charge is 0.461 e. The van der Waals surface area contributed by atoms with Gasteiger partial charge in [-0.05, 0) is 102 Å². The highest BCUT2D eigenvalue weighted by atomic mass is 79.9. The molecule has 7 nitrogen and oxygen atoms in total. The first-order valence-corrected chi connectivity index (χ1v) is 19.6. The molecule has 6 rings (SSSR count). The van der Waals surface area contributed by atoms with E-state index in [1.54, 1.807) is 4.90 Å². The Morgan fingerprint density at radius 1 is 0.623 bits per heavy atom. The fourth-order valence-electron chi connectivity index (χ4n) is 5.21. The van der Waals surface area contributed by atoms with Crippen molar-refractivity contribution in [2.45, 2.75) is 51.9 Å². The number of halogens is 3. The first-order valence-electron chi connectivity index (χ1n) is 17.2. The number of nitrogens with two attached hydrogens (primary N) is 1. The maximum atomic E-state index is 12.2. The number of carbonyl (C=O) groups is 3. The number of carbonyl (C=O) groups excluding carboxylic acids is 3. The molecular weight excluding hydrogens is 864 g/mol. The topological polar surface area (TPSA) is 98.9 Å². The minimum absolute atomic E-state index is 0.133. The Hall–Kier alpha value is -4.09. The molecule has 5 aromatic carbocycles. The number of amides is 1. The van der Waals surface area contributed by atoms with Crippen LogP contribution >= 0.6 is 47.8 Å². The van der Waals surface area contributed by atoms with Gasteiger partial charge in [-0.3, -0.25) is 4.79 Å². The van der Waals surface area contributed by atoms with Crippen molar-refractivity contribution in [2.24, 2.45) is 5.73 Å². The van der Waals surface area contributed by atoms with Gasteiger partial charge in [0.1, 0.15) is 20.0 Å². The minimum atomic E-state index is -0.246. The van der Waals surface area contributed by atoms with E-state index in [-0.39, 0.29) is 12.1 Å². The SMILES string of the molecule is C=O.NCCc1ccc(Br)cc1.O=C(CCCc1ccc(Br)cc1)OCc1ccccc1.O=C(OCc1ccccc1)N1CCc2ccc(Br)cc2C1.